The Hall–Kier alpha value is -3.91. The summed E-state index contributed by atoms with van der Waals surface area (Å²) in [7, 11) is 0. The molecule has 0 saturated heterocycles. The van der Waals surface area contributed by atoms with E-state index in [0.717, 1.165) is 12.8 Å². The van der Waals surface area contributed by atoms with Crippen LogP contribution >= 0.6 is 0 Å². The molecule has 1 saturated carbocycles. The fraction of sp³-hybridized carbons (Fsp3) is 0.500. The minimum Gasteiger partial charge on any atom is -0.494 e. The van der Waals surface area contributed by atoms with E-state index in [1.54, 1.807) is 16.9 Å². The number of nitrogens with zero attached hydrogens (tertiary/aromatic N) is 5. The van der Waals surface area contributed by atoms with E-state index in [0.29, 0.717) is 25.3 Å². The highest BCUT2D eigenvalue weighted by molar-refractivity contribution is 6.27. The number of hydrogen-bond acceptors (Lipinski definition) is 6. The molecule has 1 aliphatic carbocycles. The van der Waals surface area contributed by atoms with Crippen LogP contribution in [0.5, 0.6) is 5.75 Å². The largest absolute Gasteiger partial charge is 0.494 e. The lowest BCUT2D eigenvalue weighted by atomic mass is 9.77. The standard InChI is InChI=1S/C26H27F6N7O2/c27-25(28,29)11-2-1-3-13-41-18-8-6-17(7-9-18)24(26(30,31)32)14-19(20-10-12-39(36-20)15-16-4-5-16)21(23(40)33-24)22-34-37-38-35-22/h6-10,12,16H,1-5,11,13-15H2,(H,33,40)(H,34,35,37,38). The van der Waals surface area contributed by atoms with Crippen LogP contribution in [0.25, 0.3) is 11.1 Å². The van der Waals surface area contributed by atoms with Crippen molar-refractivity contribution in [2.45, 2.75) is 69.4 Å². The first-order valence-corrected chi connectivity index (χ1v) is 13.2. The fourth-order valence-corrected chi connectivity index (χ4v) is 4.85. The molecule has 0 bridgehead atoms. The molecule has 2 N–H and O–H groups in total. The molecule has 9 nitrogen and oxygen atoms in total. The number of aromatic amines is 1. The van der Waals surface area contributed by atoms with Gasteiger partial charge in [0, 0.05) is 25.6 Å². The lowest BCUT2D eigenvalue weighted by Gasteiger charge is -2.41. The van der Waals surface area contributed by atoms with Gasteiger partial charge >= 0.3 is 12.4 Å². The average molecular weight is 584 g/mol. The number of rotatable bonds is 11. The predicted octanol–water partition coefficient (Wildman–Crippen LogP) is 5.20. The molecule has 5 rings (SSSR count). The van der Waals surface area contributed by atoms with Gasteiger partial charge in [-0.3, -0.25) is 9.48 Å². The molecule has 1 unspecified atom stereocenters. The normalized spacial score (nSPS) is 19.9. The number of carbonyl (C=O) groups is 1. The molecular weight excluding hydrogens is 556 g/mol. The molecule has 1 atom stereocenters. The van der Waals surface area contributed by atoms with E-state index in [1.165, 1.54) is 24.3 Å². The van der Waals surface area contributed by atoms with Crippen LogP contribution in [0.15, 0.2) is 36.5 Å². The number of alkyl halides is 6. The van der Waals surface area contributed by atoms with Gasteiger partial charge in [0.05, 0.1) is 17.9 Å². The maximum absolute atomic E-state index is 14.9. The molecule has 41 heavy (non-hydrogen) atoms. The van der Waals surface area contributed by atoms with Gasteiger partial charge < -0.3 is 10.1 Å². The molecule has 1 aliphatic heterocycles. The summed E-state index contributed by atoms with van der Waals surface area (Å²) in [6.07, 6.45) is -6.23. The van der Waals surface area contributed by atoms with E-state index in [9.17, 15) is 31.1 Å². The summed E-state index contributed by atoms with van der Waals surface area (Å²) in [6.45, 7) is 0.746. The second-order valence-electron chi connectivity index (χ2n) is 10.3. The number of tetrazole rings is 1. The van der Waals surface area contributed by atoms with Gasteiger partial charge in [0.25, 0.3) is 5.91 Å². The van der Waals surface area contributed by atoms with Crippen molar-refractivity contribution in [1.29, 1.82) is 0 Å². The van der Waals surface area contributed by atoms with Crippen molar-refractivity contribution in [2.24, 2.45) is 5.92 Å². The van der Waals surface area contributed by atoms with Crippen molar-refractivity contribution in [2.75, 3.05) is 6.61 Å². The summed E-state index contributed by atoms with van der Waals surface area (Å²) >= 11 is 0. The lowest BCUT2D eigenvalue weighted by molar-refractivity contribution is -0.201. The average Bonchev–Trinajstić information content (AvgIpc) is 3.33. The van der Waals surface area contributed by atoms with E-state index in [4.69, 9.17) is 4.74 Å². The molecule has 0 spiro atoms. The highest BCUT2D eigenvalue weighted by Gasteiger charge is 2.60. The third-order valence-corrected chi connectivity index (χ3v) is 7.18. The number of ether oxygens (including phenoxy) is 1. The zero-order chi connectivity index (χ0) is 29.3. The monoisotopic (exact) mass is 583 g/mol. The van der Waals surface area contributed by atoms with Crippen LogP contribution in [0.2, 0.25) is 0 Å². The number of benzene rings is 1. The van der Waals surface area contributed by atoms with Crippen molar-refractivity contribution in [3.8, 4) is 5.75 Å². The second kappa shape index (κ2) is 11.2. The number of halogens is 6. The molecule has 220 valence electrons. The molecule has 3 heterocycles. The van der Waals surface area contributed by atoms with E-state index in [2.05, 4.69) is 31.0 Å². The van der Waals surface area contributed by atoms with Crippen LogP contribution in [0.3, 0.4) is 0 Å². The van der Waals surface area contributed by atoms with E-state index < -0.39 is 36.6 Å². The molecule has 3 aromatic rings. The van der Waals surface area contributed by atoms with Crippen molar-refractivity contribution in [3.05, 3.63) is 53.6 Å². The Kier molecular flexibility index (Phi) is 7.79. The molecule has 1 aromatic carbocycles. The molecular formula is C26H27F6N7O2. The van der Waals surface area contributed by atoms with Gasteiger partial charge in [-0.25, -0.2) is 5.10 Å². The van der Waals surface area contributed by atoms with Gasteiger partial charge in [0.15, 0.2) is 11.4 Å². The summed E-state index contributed by atoms with van der Waals surface area (Å²) in [6, 6.07) is 6.70. The Balaban J connectivity index is 1.39. The van der Waals surface area contributed by atoms with Crippen LogP contribution in [-0.2, 0) is 16.9 Å². The van der Waals surface area contributed by atoms with Gasteiger partial charge in [0.1, 0.15) is 5.75 Å². The van der Waals surface area contributed by atoms with Crippen LogP contribution < -0.4 is 10.1 Å². The first kappa shape index (κ1) is 28.6. The van der Waals surface area contributed by atoms with Crippen molar-refractivity contribution >= 4 is 17.1 Å². The lowest BCUT2D eigenvalue weighted by Crippen LogP contribution is -2.58. The number of nitrogens with one attached hydrogen (secondary N) is 2. The van der Waals surface area contributed by atoms with E-state index in [1.807, 2.05) is 0 Å². The number of unbranched alkanes of at least 4 members (excludes halogenated alkanes) is 2. The van der Waals surface area contributed by atoms with E-state index in [-0.39, 0.29) is 47.0 Å². The Labute approximate surface area is 230 Å². The topological polar surface area (TPSA) is 111 Å². The third-order valence-electron chi connectivity index (χ3n) is 7.18. The smallest absolute Gasteiger partial charge is 0.416 e. The summed E-state index contributed by atoms with van der Waals surface area (Å²) in [5.74, 6) is -0.367. The highest BCUT2D eigenvalue weighted by Crippen LogP contribution is 2.49. The summed E-state index contributed by atoms with van der Waals surface area (Å²) in [5.41, 5.74) is -2.88. The third kappa shape index (κ3) is 6.54. The minimum absolute atomic E-state index is 0.0274. The highest BCUT2D eigenvalue weighted by atomic mass is 19.4. The molecule has 2 aliphatic rings. The quantitative estimate of drug-likeness (QED) is 0.237. The van der Waals surface area contributed by atoms with Crippen LogP contribution in [-0.4, -0.2) is 55.3 Å². The number of amides is 1. The Bertz CT molecular complexity index is 1380. The van der Waals surface area contributed by atoms with Crippen LogP contribution in [0.1, 0.15) is 62.0 Å². The van der Waals surface area contributed by atoms with Gasteiger partial charge in [-0.1, -0.05) is 12.1 Å². The SMILES string of the molecule is O=C1NC(c2ccc(OCCCCCC(F)(F)F)cc2)(C(F)(F)F)CC(c2ccn(CC3CC3)n2)=C1c1nnn[nH]1. The van der Waals surface area contributed by atoms with Crippen molar-refractivity contribution < 1.29 is 35.9 Å². The zero-order valence-corrected chi connectivity index (χ0v) is 21.7. The van der Waals surface area contributed by atoms with Gasteiger partial charge in [-0.15, -0.1) is 5.10 Å². The van der Waals surface area contributed by atoms with Crippen LogP contribution in [0.4, 0.5) is 26.3 Å². The second-order valence-corrected chi connectivity index (χ2v) is 10.3. The first-order valence-electron chi connectivity index (χ1n) is 13.2. The maximum atomic E-state index is 14.9. The van der Waals surface area contributed by atoms with Gasteiger partial charge in [0.2, 0.25) is 0 Å². The zero-order valence-electron chi connectivity index (χ0n) is 21.7. The molecule has 15 heteroatoms. The maximum Gasteiger partial charge on any atom is 0.416 e. The number of aromatic nitrogens is 6. The van der Waals surface area contributed by atoms with Crippen molar-refractivity contribution in [1.82, 2.24) is 35.7 Å². The molecule has 1 amide bonds. The molecule has 1 fully saturated rings. The molecule has 2 aromatic heterocycles. The first-order chi connectivity index (χ1) is 19.5. The predicted molar refractivity (Wildman–Crippen MR) is 133 cm³/mol. The van der Waals surface area contributed by atoms with E-state index >= 15 is 0 Å². The molecule has 0 radical (unpaired) electrons. The summed E-state index contributed by atoms with van der Waals surface area (Å²) < 4.78 is 88.6. The number of carbonyl (C=O) groups excluding carboxylic acids is 1. The summed E-state index contributed by atoms with van der Waals surface area (Å²) in [4.78, 5) is 13.3. The Morgan fingerprint density at radius 1 is 1.02 bits per heavy atom. The van der Waals surface area contributed by atoms with Crippen LogP contribution in [0, 0.1) is 5.92 Å². The van der Waals surface area contributed by atoms with Gasteiger partial charge in [-0.2, -0.15) is 31.4 Å². The Morgan fingerprint density at radius 2 is 1.78 bits per heavy atom. The summed E-state index contributed by atoms with van der Waals surface area (Å²) in [5, 5.41) is 19.8. The number of H-pyrrole nitrogens is 1. The van der Waals surface area contributed by atoms with Crippen molar-refractivity contribution in [3.63, 3.8) is 0 Å². The fourth-order valence-electron chi connectivity index (χ4n) is 4.85. The number of hydrogen-bond donors (Lipinski definition) is 2. The van der Waals surface area contributed by atoms with Gasteiger partial charge in [-0.05, 0) is 77.8 Å². The Morgan fingerprint density at radius 3 is 2.41 bits per heavy atom. The minimum atomic E-state index is -4.91.